The third-order valence-corrected chi connectivity index (χ3v) is 13.5. The van der Waals surface area contributed by atoms with Gasteiger partial charge >= 0.3 is 0 Å². The highest BCUT2D eigenvalue weighted by Crippen LogP contribution is 2.48. The Bertz CT molecular complexity index is 1600. The minimum absolute atomic E-state index is 0.0240. The van der Waals surface area contributed by atoms with Crippen molar-refractivity contribution < 1.29 is 31.8 Å². The summed E-state index contributed by atoms with van der Waals surface area (Å²) in [6.45, 7) is 4.91. The Balaban J connectivity index is 1.34. The van der Waals surface area contributed by atoms with E-state index in [0.717, 1.165) is 43.2 Å². The summed E-state index contributed by atoms with van der Waals surface area (Å²) in [5.41, 5.74) is 2.05. The monoisotopic (exact) mass is 707 g/mol. The number of hydrogen-bond donors (Lipinski definition) is 2. The number of amides is 1. The van der Waals surface area contributed by atoms with Crippen LogP contribution in [0.15, 0.2) is 36.4 Å². The molecule has 0 radical (unpaired) electrons. The highest BCUT2D eigenvalue weighted by Gasteiger charge is 2.49. The number of nitrogens with one attached hydrogen (secondary N) is 1. The van der Waals surface area contributed by atoms with Crippen LogP contribution < -0.4 is 14.4 Å². The molecule has 3 aliphatic heterocycles. The van der Waals surface area contributed by atoms with Crippen molar-refractivity contribution >= 4 is 33.2 Å². The summed E-state index contributed by atoms with van der Waals surface area (Å²) in [6, 6.07) is 10.9. The van der Waals surface area contributed by atoms with Gasteiger partial charge in [0.2, 0.25) is 10.0 Å². The lowest BCUT2D eigenvalue weighted by atomic mass is 9.62. The summed E-state index contributed by atoms with van der Waals surface area (Å²) < 4.78 is 62.8. The van der Waals surface area contributed by atoms with Gasteiger partial charge in [0.05, 0.1) is 29.6 Å². The lowest BCUT2D eigenvalue weighted by Crippen LogP contribution is -2.58. The molecule has 1 amide bonds. The Kier molecular flexibility index (Phi) is 10.3. The van der Waals surface area contributed by atoms with E-state index in [9.17, 15) is 27.1 Å². The number of alkyl halides is 2. The van der Waals surface area contributed by atoms with Crippen LogP contribution in [0.1, 0.15) is 86.7 Å². The fourth-order valence-corrected chi connectivity index (χ4v) is 9.53. The molecule has 6 rings (SSSR count). The molecule has 3 heterocycles. The molecule has 2 aromatic rings. The van der Waals surface area contributed by atoms with E-state index in [-0.39, 0.29) is 36.4 Å². The molecule has 2 N–H and O–H groups in total. The van der Waals surface area contributed by atoms with Crippen LogP contribution in [0.5, 0.6) is 5.75 Å². The van der Waals surface area contributed by atoms with E-state index in [1.54, 1.807) is 30.0 Å². The van der Waals surface area contributed by atoms with E-state index < -0.39 is 32.7 Å². The molecule has 0 aromatic heterocycles. The van der Waals surface area contributed by atoms with Crippen LogP contribution in [0.2, 0.25) is 5.02 Å². The van der Waals surface area contributed by atoms with Crippen molar-refractivity contribution in [2.24, 2.45) is 17.8 Å². The van der Waals surface area contributed by atoms with Gasteiger partial charge in [0.25, 0.3) is 11.8 Å². The molecule has 48 heavy (non-hydrogen) atoms. The highest BCUT2D eigenvalue weighted by molar-refractivity contribution is 7.90. The molecule has 264 valence electrons. The Labute approximate surface area is 288 Å². The minimum Gasteiger partial charge on any atom is -0.487 e. The number of benzene rings is 2. The lowest BCUT2D eigenvalue weighted by Gasteiger charge is -2.50. The number of ether oxygens (including phenoxy) is 1. The van der Waals surface area contributed by atoms with Crippen molar-refractivity contribution in [2.45, 2.75) is 95.0 Å². The molecule has 4 aliphatic rings. The molecular weight excluding hydrogens is 660 g/mol. The number of anilines is 1. The molecule has 8 nitrogen and oxygen atoms in total. The quantitative estimate of drug-likeness (QED) is 0.380. The second kappa shape index (κ2) is 14.0. The average molecular weight is 708 g/mol. The molecule has 1 saturated carbocycles. The van der Waals surface area contributed by atoms with Crippen LogP contribution in [0.25, 0.3) is 0 Å². The van der Waals surface area contributed by atoms with Gasteiger partial charge in [-0.2, -0.15) is 0 Å². The number of rotatable bonds is 3. The Morgan fingerprint density at radius 2 is 1.83 bits per heavy atom. The zero-order valence-electron chi connectivity index (χ0n) is 27.9. The number of carbonyl (C=O) groups is 1. The maximum absolute atomic E-state index is 13.6. The van der Waals surface area contributed by atoms with Crippen LogP contribution in [-0.4, -0.2) is 73.8 Å². The molecule has 1 saturated heterocycles. The zero-order valence-corrected chi connectivity index (χ0v) is 29.5. The first-order valence-electron chi connectivity index (χ1n) is 17.4. The van der Waals surface area contributed by atoms with Crippen molar-refractivity contribution in [3.63, 3.8) is 0 Å². The van der Waals surface area contributed by atoms with Crippen LogP contribution in [0, 0.1) is 17.8 Å². The second-order valence-corrected chi connectivity index (χ2v) is 17.2. The number of fused-ring (bicyclic) bond motifs is 3. The third-order valence-electron chi connectivity index (χ3n) is 11.4. The van der Waals surface area contributed by atoms with Crippen LogP contribution in [0.3, 0.4) is 0 Å². The SMILES string of the molecule is C[C@@H]1[C@@H](C)CCC[C@](O)(CCN2CC(F)(F)C2)[C@@H]2CC[C@H]2CN2CCCCc3cc(Cl)ccc3COc3ccc(cc32)C(=O)NS1(=O)=O. The summed E-state index contributed by atoms with van der Waals surface area (Å²) in [7, 11) is -4.00. The Hall–Kier alpha value is -2.47. The van der Waals surface area contributed by atoms with Crippen molar-refractivity contribution in [3.05, 3.63) is 58.1 Å². The lowest BCUT2D eigenvalue weighted by molar-refractivity contribution is -0.146. The molecule has 2 aromatic carbocycles. The smallest absolute Gasteiger partial charge is 0.272 e. The third kappa shape index (κ3) is 7.79. The summed E-state index contributed by atoms with van der Waals surface area (Å²) in [4.78, 5) is 17.4. The number of hydrogen-bond acceptors (Lipinski definition) is 7. The minimum atomic E-state index is -4.00. The Morgan fingerprint density at radius 3 is 2.56 bits per heavy atom. The number of halogens is 3. The van der Waals surface area contributed by atoms with Crippen molar-refractivity contribution in [1.82, 2.24) is 9.62 Å². The zero-order chi connectivity index (χ0) is 34.3. The second-order valence-electron chi connectivity index (χ2n) is 14.7. The first-order chi connectivity index (χ1) is 22.7. The predicted molar refractivity (Wildman–Crippen MR) is 183 cm³/mol. The van der Waals surface area contributed by atoms with E-state index in [1.165, 1.54) is 0 Å². The van der Waals surface area contributed by atoms with Gasteiger partial charge < -0.3 is 14.7 Å². The molecule has 0 spiro atoms. The standard InChI is InChI=1S/C36H48ClF2N3O5S/c1-24-6-5-14-35(44,15-17-41-22-36(38,39)23-41)31-12-9-28(31)20-42-16-4-3-7-26-18-30(37)11-8-29(26)21-47-33-13-10-27(19-32(33)42)34(43)40-48(45,46)25(24)2/h8,10-11,13,18-19,24-25,28,31,44H,3-7,9,12,14-17,20-23H2,1-2H3,(H,40,43)/t24-,25+,28-,31+,35-/m0/s1. The first kappa shape index (κ1) is 35.4. The van der Waals surface area contributed by atoms with Gasteiger partial charge in [0.15, 0.2) is 0 Å². The van der Waals surface area contributed by atoms with E-state index >= 15 is 0 Å². The van der Waals surface area contributed by atoms with E-state index in [2.05, 4.69) is 9.62 Å². The van der Waals surface area contributed by atoms with Crippen molar-refractivity contribution in [3.8, 4) is 5.75 Å². The van der Waals surface area contributed by atoms with Gasteiger partial charge in [0.1, 0.15) is 12.4 Å². The average Bonchev–Trinajstić information content (AvgIpc) is 3.03. The van der Waals surface area contributed by atoms with Gasteiger partial charge in [0, 0.05) is 30.2 Å². The van der Waals surface area contributed by atoms with Crippen LogP contribution >= 0.6 is 11.6 Å². The Morgan fingerprint density at radius 1 is 1.04 bits per heavy atom. The molecule has 1 aliphatic carbocycles. The van der Waals surface area contributed by atoms with Crippen molar-refractivity contribution in [2.75, 3.05) is 37.6 Å². The first-order valence-corrected chi connectivity index (χ1v) is 19.3. The van der Waals surface area contributed by atoms with E-state index in [1.807, 2.05) is 25.1 Å². The number of likely N-dealkylation sites (tertiary alicyclic amines) is 1. The number of aliphatic hydroxyl groups is 1. The van der Waals surface area contributed by atoms with Gasteiger partial charge in [-0.05, 0) is 118 Å². The van der Waals surface area contributed by atoms with E-state index in [4.69, 9.17) is 16.3 Å². The fourth-order valence-electron chi connectivity index (χ4n) is 8.02. The van der Waals surface area contributed by atoms with Gasteiger partial charge in [-0.15, -0.1) is 0 Å². The molecule has 2 fully saturated rings. The van der Waals surface area contributed by atoms with Crippen molar-refractivity contribution in [1.29, 1.82) is 0 Å². The fraction of sp³-hybridized carbons (Fsp3) is 0.639. The maximum atomic E-state index is 13.6. The number of sulfonamides is 1. The number of nitrogens with zero attached hydrogens (tertiary/aromatic N) is 2. The molecule has 5 atom stereocenters. The number of carbonyl (C=O) groups excluding carboxylic acids is 1. The summed E-state index contributed by atoms with van der Waals surface area (Å²) >= 11 is 6.33. The molecular formula is C36H48ClF2N3O5S. The van der Waals surface area contributed by atoms with Crippen LogP contribution in [-0.2, 0) is 23.1 Å². The summed E-state index contributed by atoms with van der Waals surface area (Å²) in [6.07, 6.45) is 6.38. The van der Waals surface area contributed by atoms with Gasteiger partial charge in [-0.3, -0.25) is 9.69 Å². The van der Waals surface area contributed by atoms with E-state index in [0.29, 0.717) is 68.4 Å². The van der Waals surface area contributed by atoms with Crippen LogP contribution in [0.4, 0.5) is 14.5 Å². The molecule has 2 bridgehead atoms. The normalized spacial score (nSPS) is 31.0. The van der Waals surface area contributed by atoms with Gasteiger partial charge in [-0.1, -0.05) is 31.0 Å². The molecule has 0 unspecified atom stereocenters. The topological polar surface area (TPSA) is 99.2 Å². The van der Waals surface area contributed by atoms with Gasteiger partial charge in [-0.25, -0.2) is 21.9 Å². The summed E-state index contributed by atoms with van der Waals surface area (Å²) in [5, 5.41) is 12.2. The molecule has 12 heteroatoms. The summed E-state index contributed by atoms with van der Waals surface area (Å²) in [5.74, 6) is -2.89. The maximum Gasteiger partial charge on any atom is 0.272 e. The highest BCUT2D eigenvalue weighted by atomic mass is 35.5. The predicted octanol–water partition coefficient (Wildman–Crippen LogP) is 6.43. The largest absolute Gasteiger partial charge is 0.487 e. The number of aryl methyl sites for hydroxylation is 1.